The van der Waals surface area contributed by atoms with Crippen molar-refractivity contribution in [3.05, 3.63) is 15.6 Å². The van der Waals surface area contributed by atoms with Gasteiger partial charge in [0.2, 0.25) is 0 Å². The van der Waals surface area contributed by atoms with Gasteiger partial charge in [-0.2, -0.15) is 11.8 Å². The molecule has 0 aliphatic heterocycles. The molecule has 2 N–H and O–H groups in total. The molecule has 2 aliphatic carbocycles. The summed E-state index contributed by atoms with van der Waals surface area (Å²) in [4.78, 5) is 6.23. The highest BCUT2D eigenvalue weighted by Crippen LogP contribution is 2.36. The molecule has 1 aromatic heterocycles. The minimum absolute atomic E-state index is 0.209. The summed E-state index contributed by atoms with van der Waals surface area (Å²) < 4.78 is 0. The Hall–Kier alpha value is -0.0600. The van der Waals surface area contributed by atoms with Crippen molar-refractivity contribution in [2.75, 3.05) is 0 Å². The van der Waals surface area contributed by atoms with Crippen LogP contribution < -0.4 is 5.73 Å². The lowest BCUT2D eigenvalue weighted by atomic mass is 9.99. The normalized spacial score (nSPS) is 25.1. The standard InChI is InChI=1S/C13H20N2S2/c14-10-6-3-7-11-13(10)15-12(17-11)8-16-9-4-1-2-5-9/h9-10H,1-8,14H2. The lowest BCUT2D eigenvalue weighted by Crippen LogP contribution is -2.16. The number of aryl methyl sites for hydroxylation is 1. The Kier molecular flexibility index (Phi) is 3.73. The predicted molar refractivity (Wildman–Crippen MR) is 75.5 cm³/mol. The molecule has 1 fully saturated rings. The second-order valence-corrected chi connectivity index (χ2v) is 7.59. The largest absolute Gasteiger partial charge is 0.323 e. The van der Waals surface area contributed by atoms with Crippen LogP contribution in [0.4, 0.5) is 0 Å². The maximum absolute atomic E-state index is 6.12. The van der Waals surface area contributed by atoms with Crippen LogP contribution in [0.3, 0.4) is 0 Å². The van der Waals surface area contributed by atoms with Crippen LogP contribution in [0.15, 0.2) is 0 Å². The first-order chi connectivity index (χ1) is 8.33. The Labute approximate surface area is 111 Å². The van der Waals surface area contributed by atoms with E-state index in [0.29, 0.717) is 0 Å². The first-order valence-electron chi connectivity index (χ1n) is 6.68. The summed E-state index contributed by atoms with van der Waals surface area (Å²) >= 11 is 4.02. The molecule has 0 amide bonds. The van der Waals surface area contributed by atoms with Crippen molar-refractivity contribution in [1.29, 1.82) is 0 Å². The molecule has 17 heavy (non-hydrogen) atoms. The van der Waals surface area contributed by atoms with Gasteiger partial charge < -0.3 is 5.73 Å². The highest BCUT2D eigenvalue weighted by molar-refractivity contribution is 7.99. The molecule has 0 bridgehead atoms. The van der Waals surface area contributed by atoms with Gasteiger partial charge in [-0.3, -0.25) is 0 Å². The zero-order chi connectivity index (χ0) is 11.7. The number of thioether (sulfide) groups is 1. The maximum atomic E-state index is 6.12. The summed E-state index contributed by atoms with van der Waals surface area (Å²) in [5.41, 5.74) is 7.33. The number of rotatable bonds is 3. The number of thiazole rings is 1. The Morgan fingerprint density at radius 3 is 2.82 bits per heavy atom. The van der Waals surface area contributed by atoms with E-state index in [0.717, 1.165) is 17.4 Å². The zero-order valence-electron chi connectivity index (χ0n) is 10.2. The molecule has 0 aromatic carbocycles. The van der Waals surface area contributed by atoms with Crippen molar-refractivity contribution in [1.82, 2.24) is 4.98 Å². The Morgan fingerprint density at radius 1 is 1.24 bits per heavy atom. The zero-order valence-corrected chi connectivity index (χ0v) is 11.8. The molecular weight excluding hydrogens is 248 g/mol. The van der Waals surface area contributed by atoms with E-state index in [4.69, 9.17) is 10.7 Å². The van der Waals surface area contributed by atoms with Gasteiger partial charge in [-0.25, -0.2) is 4.98 Å². The van der Waals surface area contributed by atoms with Crippen molar-refractivity contribution >= 4 is 23.1 Å². The summed E-state index contributed by atoms with van der Waals surface area (Å²) in [7, 11) is 0. The van der Waals surface area contributed by atoms with E-state index in [1.807, 2.05) is 11.3 Å². The molecule has 94 valence electrons. The number of nitrogens with two attached hydrogens (primary N) is 1. The van der Waals surface area contributed by atoms with E-state index in [1.165, 1.54) is 54.1 Å². The average molecular weight is 268 g/mol. The molecule has 1 unspecified atom stereocenters. The molecule has 2 nitrogen and oxygen atoms in total. The first-order valence-corrected chi connectivity index (χ1v) is 8.55. The van der Waals surface area contributed by atoms with Crippen LogP contribution in [0.25, 0.3) is 0 Å². The van der Waals surface area contributed by atoms with Crippen LogP contribution in [-0.2, 0) is 12.2 Å². The molecule has 4 heteroatoms. The van der Waals surface area contributed by atoms with Crippen molar-refractivity contribution in [2.24, 2.45) is 5.73 Å². The third-order valence-corrected chi connectivity index (χ3v) is 6.48. The molecule has 2 aliphatic rings. The smallest absolute Gasteiger partial charge is 0.103 e. The molecular formula is C13H20N2S2. The molecule has 0 spiro atoms. The van der Waals surface area contributed by atoms with Crippen molar-refractivity contribution in [2.45, 2.75) is 62.0 Å². The van der Waals surface area contributed by atoms with E-state index < -0.39 is 0 Å². The minimum atomic E-state index is 0.209. The van der Waals surface area contributed by atoms with Gasteiger partial charge in [0, 0.05) is 21.9 Å². The Morgan fingerprint density at radius 2 is 2.06 bits per heavy atom. The molecule has 1 aromatic rings. The van der Waals surface area contributed by atoms with Gasteiger partial charge in [-0.05, 0) is 32.1 Å². The molecule has 0 saturated heterocycles. The fourth-order valence-corrected chi connectivity index (χ4v) is 5.33. The van der Waals surface area contributed by atoms with Crippen molar-refractivity contribution in [3.8, 4) is 0 Å². The van der Waals surface area contributed by atoms with E-state index in [-0.39, 0.29) is 6.04 Å². The van der Waals surface area contributed by atoms with E-state index in [9.17, 15) is 0 Å². The van der Waals surface area contributed by atoms with Crippen LogP contribution in [-0.4, -0.2) is 10.2 Å². The second kappa shape index (κ2) is 5.29. The quantitative estimate of drug-likeness (QED) is 0.909. The van der Waals surface area contributed by atoms with E-state index >= 15 is 0 Å². The van der Waals surface area contributed by atoms with Crippen molar-refractivity contribution < 1.29 is 0 Å². The third kappa shape index (κ3) is 2.69. The summed E-state index contributed by atoms with van der Waals surface area (Å²) in [5, 5.41) is 2.20. The first kappa shape index (κ1) is 12.0. The van der Waals surface area contributed by atoms with E-state index in [1.54, 1.807) is 0 Å². The average Bonchev–Trinajstić information content (AvgIpc) is 2.95. The van der Waals surface area contributed by atoms with Gasteiger partial charge in [-0.1, -0.05) is 12.8 Å². The topological polar surface area (TPSA) is 38.9 Å². The van der Waals surface area contributed by atoms with Gasteiger partial charge in [0.1, 0.15) is 5.01 Å². The summed E-state index contributed by atoms with van der Waals surface area (Å²) in [5.74, 6) is 1.11. The SMILES string of the molecule is NC1CCCc2sc(CSC3CCCC3)nc21. The molecule has 1 saturated carbocycles. The molecule has 0 radical (unpaired) electrons. The van der Waals surface area contributed by atoms with Crippen LogP contribution in [0, 0.1) is 0 Å². The maximum Gasteiger partial charge on any atom is 0.103 e. The summed E-state index contributed by atoms with van der Waals surface area (Å²) in [6, 6.07) is 0.209. The van der Waals surface area contributed by atoms with Gasteiger partial charge in [0.25, 0.3) is 0 Å². The number of fused-ring (bicyclic) bond motifs is 1. The van der Waals surface area contributed by atoms with Crippen LogP contribution in [0.5, 0.6) is 0 Å². The van der Waals surface area contributed by atoms with Gasteiger partial charge in [-0.15, -0.1) is 11.3 Å². The lowest BCUT2D eigenvalue weighted by molar-refractivity contribution is 0.563. The number of hydrogen-bond donors (Lipinski definition) is 1. The number of aromatic nitrogens is 1. The van der Waals surface area contributed by atoms with Crippen LogP contribution >= 0.6 is 23.1 Å². The molecule has 1 heterocycles. The summed E-state index contributed by atoms with van der Waals surface area (Å²) in [6.07, 6.45) is 9.24. The Balaban J connectivity index is 1.63. The fraction of sp³-hybridized carbons (Fsp3) is 0.769. The predicted octanol–water partition coefficient (Wildman–Crippen LogP) is 3.66. The highest BCUT2D eigenvalue weighted by Gasteiger charge is 2.22. The lowest BCUT2D eigenvalue weighted by Gasteiger charge is -2.15. The monoisotopic (exact) mass is 268 g/mol. The van der Waals surface area contributed by atoms with Gasteiger partial charge in [0.15, 0.2) is 0 Å². The van der Waals surface area contributed by atoms with E-state index in [2.05, 4.69) is 11.8 Å². The van der Waals surface area contributed by atoms with Crippen LogP contribution in [0.1, 0.15) is 60.1 Å². The second-order valence-electron chi connectivity index (χ2n) is 5.13. The highest BCUT2D eigenvalue weighted by atomic mass is 32.2. The van der Waals surface area contributed by atoms with Crippen LogP contribution in [0.2, 0.25) is 0 Å². The van der Waals surface area contributed by atoms with Gasteiger partial charge in [0.05, 0.1) is 5.69 Å². The number of nitrogens with zero attached hydrogens (tertiary/aromatic N) is 1. The fourth-order valence-electron chi connectivity index (χ4n) is 2.81. The van der Waals surface area contributed by atoms with Crippen molar-refractivity contribution in [3.63, 3.8) is 0 Å². The Bertz CT molecular complexity index is 383. The molecule has 3 rings (SSSR count). The number of hydrogen-bond acceptors (Lipinski definition) is 4. The summed E-state index contributed by atoms with van der Waals surface area (Å²) in [6.45, 7) is 0. The van der Waals surface area contributed by atoms with Gasteiger partial charge >= 0.3 is 0 Å². The minimum Gasteiger partial charge on any atom is -0.323 e. The third-order valence-electron chi connectivity index (χ3n) is 3.79. The molecule has 1 atom stereocenters.